The Morgan fingerprint density at radius 1 is 1.27 bits per heavy atom. The first-order valence-electron chi connectivity index (χ1n) is 7.04. The van der Waals surface area contributed by atoms with Crippen LogP contribution < -0.4 is 4.90 Å². The molecule has 1 saturated heterocycles. The Kier molecular flexibility index (Phi) is 3.64. The number of rotatable bonds is 3. The van der Waals surface area contributed by atoms with Crippen molar-refractivity contribution in [3.05, 3.63) is 41.5 Å². The van der Waals surface area contributed by atoms with Crippen molar-refractivity contribution < 1.29 is 18.1 Å². The van der Waals surface area contributed by atoms with Crippen molar-refractivity contribution in [2.45, 2.75) is 32.1 Å². The number of anilines is 1. The third kappa shape index (κ3) is 2.70. The van der Waals surface area contributed by atoms with Crippen LogP contribution in [-0.4, -0.2) is 22.6 Å². The summed E-state index contributed by atoms with van der Waals surface area (Å²) in [5.74, 6) is -0.826. The van der Waals surface area contributed by atoms with Crippen LogP contribution >= 0.6 is 0 Å². The van der Waals surface area contributed by atoms with E-state index in [2.05, 4.69) is 10.1 Å². The number of hydrogen-bond donors (Lipinski definition) is 0. The summed E-state index contributed by atoms with van der Waals surface area (Å²) in [5, 5.41) is 3.88. The molecule has 5 nitrogen and oxygen atoms in total. The van der Waals surface area contributed by atoms with Crippen LogP contribution in [0.15, 0.2) is 22.7 Å². The van der Waals surface area contributed by atoms with Crippen molar-refractivity contribution in [1.29, 1.82) is 0 Å². The van der Waals surface area contributed by atoms with E-state index in [1.807, 2.05) is 13.8 Å². The Hall–Kier alpha value is -2.31. The Labute approximate surface area is 125 Å². The average molecular weight is 307 g/mol. The summed E-state index contributed by atoms with van der Waals surface area (Å²) in [6, 6.07) is 3.04. The summed E-state index contributed by atoms with van der Waals surface area (Å²) in [5.41, 5.74) is 0.202. The van der Waals surface area contributed by atoms with E-state index >= 15 is 0 Å². The smallest absolute Gasteiger partial charge is 0.232 e. The fourth-order valence-corrected chi connectivity index (χ4v) is 2.47. The number of carbonyl (C=O) groups is 1. The second-order valence-corrected chi connectivity index (χ2v) is 5.68. The van der Waals surface area contributed by atoms with Gasteiger partial charge in [0.05, 0.1) is 5.92 Å². The van der Waals surface area contributed by atoms with Gasteiger partial charge in [-0.25, -0.2) is 8.78 Å². The minimum atomic E-state index is -0.717. The third-order valence-corrected chi connectivity index (χ3v) is 3.61. The number of halogens is 2. The summed E-state index contributed by atoms with van der Waals surface area (Å²) in [7, 11) is 0. The van der Waals surface area contributed by atoms with E-state index in [0.717, 1.165) is 18.2 Å². The van der Waals surface area contributed by atoms with E-state index in [9.17, 15) is 13.6 Å². The SMILES string of the molecule is CC(C)c1noc(C2CC(=O)N(c3cc(F)cc(F)c3)C2)n1. The predicted octanol–water partition coefficient (Wildman–Crippen LogP) is 2.99. The van der Waals surface area contributed by atoms with Gasteiger partial charge in [0.1, 0.15) is 11.6 Å². The fourth-order valence-electron chi connectivity index (χ4n) is 2.47. The molecule has 0 radical (unpaired) electrons. The molecular formula is C15H15F2N3O2. The van der Waals surface area contributed by atoms with Gasteiger partial charge in [0.25, 0.3) is 0 Å². The molecule has 2 aromatic rings. The van der Waals surface area contributed by atoms with Gasteiger partial charge in [0.15, 0.2) is 5.82 Å². The molecular weight excluding hydrogens is 292 g/mol. The van der Waals surface area contributed by atoms with Crippen LogP contribution in [0.2, 0.25) is 0 Å². The Bertz CT molecular complexity index is 694. The predicted molar refractivity (Wildman–Crippen MR) is 74.5 cm³/mol. The zero-order valence-corrected chi connectivity index (χ0v) is 12.2. The molecule has 1 fully saturated rings. The second kappa shape index (κ2) is 5.47. The van der Waals surface area contributed by atoms with Crippen molar-refractivity contribution >= 4 is 11.6 Å². The van der Waals surface area contributed by atoms with Gasteiger partial charge >= 0.3 is 0 Å². The molecule has 1 atom stereocenters. The summed E-state index contributed by atoms with van der Waals surface area (Å²) in [6.07, 6.45) is 0.178. The molecule has 116 valence electrons. The molecule has 0 aliphatic carbocycles. The van der Waals surface area contributed by atoms with Gasteiger partial charge in [-0.15, -0.1) is 0 Å². The van der Waals surface area contributed by atoms with Crippen molar-refractivity contribution in [2.24, 2.45) is 0 Å². The topological polar surface area (TPSA) is 59.2 Å². The number of hydrogen-bond acceptors (Lipinski definition) is 4. The first-order valence-corrected chi connectivity index (χ1v) is 7.04. The van der Waals surface area contributed by atoms with Crippen LogP contribution in [0.1, 0.15) is 43.8 Å². The van der Waals surface area contributed by atoms with E-state index in [4.69, 9.17) is 4.52 Å². The molecule has 0 bridgehead atoms. The standard InChI is InChI=1S/C15H15F2N3O2/c1-8(2)14-18-15(22-19-14)9-3-13(21)20(7-9)12-5-10(16)4-11(17)6-12/h4-6,8-9H,3,7H2,1-2H3. The lowest BCUT2D eigenvalue weighted by molar-refractivity contribution is -0.117. The molecule has 2 heterocycles. The second-order valence-electron chi connectivity index (χ2n) is 5.68. The molecule has 1 unspecified atom stereocenters. The van der Waals surface area contributed by atoms with Crippen LogP contribution in [0.25, 0.3) is 0 Å². The lowest BCUT2D eigenvalue weighted by Gasteiger charge is -2.16. The van der Waals surface area contributed by atoms with Gasteiger partial charge in [-0.3, -0.25) is 4.79 Å². The molecule has 1 aliphatic heterocycles. The third-order valence-electron chi connectivity index (χ3n) is 3.61. The molecule has 0 spiro atoms. The van der Waals surface area contributed by atoms with Crippen LogP contribution in [0.4, 0.5) is 14.5 Å². The summed E-state index contributed by atoms with van der Waals surface area (Å²) in [4.78, 5) is 17.7. The highest BCUT2D eigenvalue weighted by molar-refractivity contribution is 5.96. The van der Waals surface area contributed by atoms with Crippen LogP contribution in [0.5, 0.6) is 0 Å². The van der Waals surface area contributed by atoms with E-state index < -0.39 is 11.6 Å². The molecule has 1 aromatic carbocycles. The zero-order valence-electron chi connectivity index (χ0n) is 12.2. The van der Waals surface area contributed by atoms with E-state index in [1.165, 1.54) is 4.90 Å². The molecule has 3 rings (SSSR count). The maximum absolute atomic E-state index is 13.3. The molecule has 0 N–H and O–H groups in total. The first-order chi connectivity index (χ1) is 10.4. The summed E-state index contributed by atoms with van der Waals surface area (Å²) in [6.45, 7) is 4.15. The summed E-state index contributed by atoms with van der Waals surface area (Å²) >= 11 is 0. The van der Waals surface area contributed by atoms with Crippen molar-refractivity contribution in [3.63, 3.8) is 0 Å². The minimum Gasteiger partial charge on any atom is -0.339 e. The normalized spacial score (nSPS) is 18.5. The number of amides is 1. The van der Waals surface area contributed by atoms with E-state index in [1.54, 1.807) is 0 Å². The largest absolute Gasteiger partial charge is 0.339 e. The molecule has 1 amide bonds. The molecule has 22 heavy (non-hydrogen) atoms. The van der Waals surface area contributed by atoms with Crippen molar-refractivity contribution in [3.8, 4) is 0 Å². The molecule has 0 saturated carbocycles. The number of carbonyl (C=O) groups excluding carboxylic acids is 1. The average Bonchev–Trinajstić information content (AvgIpc) is 3.03. The minimum absolute atomic E-state index is 0.128. The van der Waals surface area contributed by atoms with Gasteiger partial charge in [0, 0.05) is 30.6 Å². The Morgan fingerprint density at radius 3 is 2.55 bits per heavy atom. The first kappa shape index (κ1) is 14.6. The van der Waals surface area contributed by atoms with Crippen molar-refractivity contribution in [2.75, 3.05) is 11.4 Å². The number of nitrogens with zero attached hydrogens (tertiary/aromatic N) is 3. The Balaban J connectivity index is 1.83. The van der Waals surface area contributed by atoms with E-state index in [0.29, 0.717) is 11.7 Å². The lowest BCUT2D eigenvalue weighted by Crippen LogP contribution is -2.24. The highest BCUT2D eigenvalue weighted by atomic mass is 19.1. The maximum atomic E-state index is 13.3. The van der Waals surface area contributed by atoms with Gasteiger partial charge < -0.3 is 9.42 Å². The monoisotopic (exact) mass is 307 g/mol. The van der Waals surface area contributed by atoms with Gasteiger partial charge in [0.2, 0.25) is 11.8 Å². The van der Waals surface area contributed by atoms with Crippen LogP contribution in [-0.2, 0) is 4.79 Å². The maximum Gasteiger partial charge on any atom is 0.232 e. The van der Waals surface area contributed by atoms with Gasteiger partial charge in [-0.2, -0.15) is 4.98 Å². The molecule has 1 aliphatic rings. The zero-order chi connectivity index (χ0) is 15.9. The fraction of sp³-hybridized carbons (Fsp3) is 0.400. The highest BCUT2D eigenvalue weighted by Crippen LogP contribution is 2.32. The number of benzene rings is 1. The van der Waals surface area contributed by atoms with Gasteiger partial charge in [-0.1, -0.05) is 19.0 Å². The number of aromatic nitrogens is 2. The van der Waals surface area contributed by atoms with E-state index in [-0.39, 0.29) is 36.4 Å². The molecule has 7 heteroatoms. The lowest BCUT2D eigenvalue weighted by atomic mass is 10.1. The molecule has 1 aromatic heterocycles. The summed E-state index contributed by atoms with van der Waals surface area (Å²) < 4.78 is 31.8. The van der Waals surface area contributed by atoms with Crippen molar-refractivity contribution in [1.82, 2.24) is 10.1 Å². The Morgan fingerprint density at radius 2 is 1.95 bits per heavy atom. The van der Waals surface area contributed by atoms with Gasteiger partial charge in [-0.05, 0) is 12.1 Å². The van der Waals surface area contributed by atoms with Crippen LogP contribution in [0.3, 0.4) is 0 Å². The highest BCUT2D eigenvalue weighted by Gasteiger charge is 2.35. The van der Waals surface area contributed by atoms with Crippen LogP contribution in [0, 0.1) is 11.6 Å². The quantitative estimate of drug-likeness (QED) is 0.874.